The predicted octanol–water partition coefficient (Wildman–Crippen LogP) is 8.95. The molecule has 40 heavy (non-hydrogen) atoms. The van der Waals surface area contributed by atoms with Gasteiger partial charge in [-0.3, -0.25) is 4.57 Å². The number of rotatable bonds is 2. The lowest BCUT2D eigenvalue weighted by Crippen LogP contribution is -2.05. The third-order valence-electron chi connectivity index (χ3n) is 8.07. The van der Waals surface area contributed by atoms with Gasteiger partial charge in [-0.05, 0) is 41.8 Å². The number of benzene rings is 6. The summed E-state index contributed by atoms with van der Waals surface area (Å²) in [5.74, 6) is 0.817. The summed E-state index contributed by atoms with van der Waals surface area (Å²) in [5, 5.41) is 4.91. The van der Waals surface area contributed by atoms with Crippen molar-refractivity contribution >= 4 is 60.2 Å². The molecule has 0 saturated carbocycles. The van der Waals surface area contributed by atoms with Crippen LogP contribution in [0.5, 0.6) is 0 Å². The summed E-state index contributed by atoms with van der Waals surface area (Å²) in [6.45, 7) is 0. The summed E-state index contributed by atoms with van der Waals surface area (Å²) >= 11 is 0. The summed E-state index contributed by atoms with van der Waals surface area (Å²) < 4.78 is 4.75. The van der Waals surface area contributed by atoms with Gasteiger partial charge < -0.3 is 4.40 Å². The van der Waals surface area contributed by atoms with E-state index >= 15 is 0 Å². The second-order valence-corrected chi connectivity index (χ2v) is 10.3. The number of para-hydroxylation sites is 5. The first-order chi connectivity index (χ1) is 19.9. The SMILES string of the molecule is c1ccc(-c2nc3ccccc3nc2-n2c3cccc4ccc5c6ccccc6n(c6ccccc62)c5c43)cc1. The Labute approximate surface area is 229 Å². The molecule has 0 N–H and O–H groups in total. The largest absolute Gasteiger partial charge is 0.306 e. The van der Waals surface area contributed by atoms with E-state index in [1.54, 1.807) is 0 Å². The lowest BCUT2D eigenvalue weighted by molar-refractivity contribution is 1.07. The zero-order chi connectivity index (χ0) is 26.2. The van der Waals surface area contributed by atoms with Crippen molar-refractivity contribution in [3.63, 3.8) is 0 Å². The molecule has 3 heterocycles. The monoisotopic (exact) mass is 510 g/mol. The maximum atomic E-state index is 5.33. The summed E-state index contributed by atoms with van der Waals surface area (Å²) in [7, 11) is 0. The molecular formula is C36H22N4. The Bertz CT molecular complexity index is 2420. The van der Waals surface area contributed by atoms with Gasteiger partial charge in [0, 0.05) is 21.7 Å². The molecule has 3 aromatic heterocycles. The Kier molecular flexibility index (Phi) is 4.30. The van der Waals surface area contributed by atoms with Gasteiger partial charge in [-0.25, -0.2) is 9.97 Å². The summed E-state index contributed by atoms with van der Waals surface area (Å²) in [6, 6.07) is 47.0. The van der Waals surface area contributed by atoms with Crippen molar-refractivity contribution in [2.24, 2.45) is 0 Å². The standard InChI is InChI=1S/C36H22N4/c1-2-11-24(12-3-1)34-36(38-28-16-6-5-15-27(28)37-34)40-31-19-9-8-18-30(31)39-29-17-7-4-14-25(29)26-22-21-23-13-10-20-32(40)33(23)35(26)39/h1-22H. The third kappa shape index (κ3) is 2.85. The predicted molar refractivity (Wildman–Crippen MR) is 165 cm³/mol. The van der Waals surface area contributed by atoms with E-state index < -0.39 is 0 Å². The van der Waals surface area contributed by atoms with Crippen LogP contribution in [-0.2, 0) is 0 Å². The number of hydrogen-bond acceptors (Lipinski definition) is 2. The van der Waals surface area contributed by atoms with Gasteiger partial charge in [0.2, 0.25) is 0 Å². The highest BCUT2D eigenvalue weighted by atomic mass is 15.1. The zero-order valence-corrected chi connectivity index (χ0v) is 21.5. The summed E-state index contributed by atoms with van der Waals surface area (Å²) in [5.41, 5.74) is 9.34. The van der Waals surface area contributed by atoms with Crippen molar-refractivity contribution < 1.29 is 0 Å². The van der Waals surface area contributed by atoms with Crippen LogP contribution < -0.4 is 0 Å². The topological polar surface area (TPSA) is 35.1 Å². The molecule has 0 bridgehead atoms. The van der Waals surface area contributed by atoms with Crippen LogP contribution >= 0.6 is 0 Å². The minimum Gasteiger partial charge on any atom is -0.306 e. The van der Waals surface area contributed by atoms with Crippen LogP contribution in [0, 0.1) is 0 Å². The molecule has 0 aliphatic heterocycles. The van der Waals surface area contributed by atoms with Crippen LogP contribution in [0.15, 0.2) is 133 Å². The Hall–Kier alpha value is -5.48. The van der Waals surface area contributed by atoms with Gasteiger partial charge in [-0.2, -0.15) is 0 Å². The Balaban J connectivity index is 1.60. The van der Waals surface area contributed by atoms with Crippen molar-refractivity contribution in [3.8, 4) is 17.1 Å². The first-order valence-corrected chi connectivity index (χ1v) is 13.5. The van der Waals surface area contributed by atoms with E-state index in [1.807, 2.05) is 30.3 Å². The van der Waals surface area contributed by atoms with Crippen LogP contribution in [-0.4, -0.2) is 18.9 Å². The van der Waals surface area contributed by atoms with Crippen LogP contribution in [0.1, 0.15) is 0 Å². The number of aromatic nitrogens is 4. The lowest BCUT2D eigenvalue weighted by Gasteiger charge is -2.16. The minimum atomic E-state index is 0.817. The third-order valence-corrected chi connectivity index (χ3v) is 8.07. The van der Waals surface area contributed by atoms with Crippen molar-refractivity contribution in [1.29, 1.82) is 0 Å². The highest BCUT2D eigenvalue weighted by Gasteiger charge is 2.21. The molecule has 9 aromatic rings. The van der Waals surface area contributed by atoms with E-state index in [0.29, 0.717) is 0 Å². The van der Waals surface area contributed by atoms with Gasteiger partial charge in [-0.1, -0.05) is 97.1 Å². The first-order valence-electron chi connectivity index (χ1n) is 13.5. The smallest absolute Gasteiger partial charge is 0.165 e. The lowest BCUT2D eigenvalue weighted by atomic mass is 10.0. The molecule has 0 spiro atoms. The Morgan fingerprint density at radius 3 is 1.98 bits per heavy atom. The van der Waals surface area contributed by atoms with E-state index in [2.05, 4.69) is 112 Å². The fourth-order valence-corrected chi connectivity index (χ4v) is 6.38. The van der Waals surface area contributed by atoms with Crippen molar-refractivity contribution in [2.75, 3.05) is 0 Å². The molecule has 0 radical (unpaired) electrons. The zero-order valence-electron chi connectivity index (χ0n) is 21.5. The fraction of sp³-hybridized carbons (Fsp3) is 0. The van der Waals surface area contributed by atoms with Crippen LogP contribution in [0.4, 0.5) is 0 Å². The normalized spacial score (nSPS) is 12.0. The van der Waals surface area contributed by atoms with Crippen LogP contribution in [0.25, 0.3) is 77.2 Å². The number of hydrogen-bond donors (Lipinski definition) is 0. The second kappa shape index (κ2) is 8.01. The summed E-state index contributed by atoms with van der Waals surface area (Å²) in [4.78, 5) is 10.5. The van der Waals surface area contributed by atoms with E-state index in [0.717, 1.165) is 44.7 Å². The molecular weight excluding hydrogens is 488 g/mol. The molecule has 0 amide bonds. The van der Waals surface area contributed by atoms with Gasteiger partial charge in [-0.15, -0.1) is 0 Å². The van der Waals surface area contributed by atoms with E-state index in [4.69, 9.17) is 9.97 Å². The highest BCUT2D eigenvalue weighted by molar-refractivity contribution is 6.23. The Morgan fingerprint density at radius 2 is 1.12 bits per heavy atom. The van der Waals surface area contributed by atoms with Gasteiger partial charge in [0.05, 0.1) is 38.6 Å². The van der Waals surface area contributed by atoms with Gasteiger partial charge >= 0.3 is 0 Å². The maximum absolute atomic E-state index is 5.33. The van der Waals surface area contributed by atoms with E-state index in [-0.39, 0.29) is 0 Å². The highest BCUT2D eigenvalue weighted by Crippen LogP contribution is 2.40. The molecule has 0 saturated heterocycles. The summed E-state index contributed by atoms with van der Waals surface area (Å²) in [6.07, 6.45) is 0. The van der Waals surface area contributed by atoms with Crippen LogP contribution in [0.2, 0.25) is 0 Å². The second-order valence-electron chi connectivity index (χ2n) is 10.3. The molecule has 0 atom stereocenters. The molecule has 0 aliphatic carbocycles. The molecule has 4 nitrogen and oxygen atoms in total. The van der Waals surface area contributed by atoms with Crippen molar-refractivity contribution in [1.82, 2.24) is 18.9 Å². The maximum Gasteiger partial charge on any atom is 0.165 e. The Morgan fingerprint density at radius 1 is 0.450 bits per heavy atom. The van der Waals surface area contributed by atoms with Crippen molar-refractivity contribution in [2.45, 2.75) is 0 Å². The quantitative estimate of drug-likeness (QED) is 0.233. The fourth-order valence-electron chi connectivity index (χ4n) is 6.38. The first kappa shape index (κ1) is 21.5. The average molecular weight is 511 g/mol. The van der Waals surface area contributed by atoms with Gasteiger partial charge in [0.15, 0.2) is 5.82 Å². The van der Waals surface area contributed by atoms with Gasteiger partial charge in [0.1, 0.15) is 5.69 Å². The molecule has 186 valence electrons. The molecule has 0 aliphatic rings. The molecule has 6 aromatic carbocycles. The van der Waals surface area contributed by atoms with Gasteiger partial charge in [0.25, 0.3) is 0 Å². The van der Waals surface area contributed by atoms with E-state index in [1.165, 1.54) is 32.6 Å². The average Bonchev–Trinajstić information content (AvgIpc) is 3.29. The molecule has 0 unspecified atom stereocenters. The molecule has 0 fully saturated rings. The number of nitrogens with zero attached hydrogens (tertiary/aromatic N) is 4. The van der Waals surface area contributed by atoms with Crippen molar-refractivity contribution in [3.05, 3.63) is 133 Å². The van der Waals surface area contributed by atoms with Crippen LogP contribution in [0.3, 0.4) is 0 Å². The molecule has 9 rings (SSSR count). The number of fused-ring (bicyclic) bond motifs is 6. The minimum absolute atomic E-state index is 0.817. The van der Waals surface area contributed by atoms with E-state index in [9.17, 15) is 0 Å². The molecule has 4 heteroatoms.